The van der Waals surface area contributed by atoms with E-state index in [4.69, 9.17) is 0 Å². The average molecular weight is 198 g/mol. The first-order valence-corrected chi connectivity index (χ1v) is 5.16. The molecule has 0 aromatic carbocycles. The molecule has 0 fully saturated rings. The van der Waals surface area contributed by atoms with Gasteiger partial charge in [-0.25, -0.2) is 0 Å². The fourth-order valence-electron chi connectivity index (χ4n) is 1.85. The van der Waals surface area contributed by atoms with Crippen LogP contribution in [0.5, 0.6) is 0 Å². The van der Waals surface area contributed by atoms with Gasteiger partial charge in [-0.15, -0.1) is 13.2 Å². The van der Waals surface area contributed by atoms with Crippen LogP contribution in [0.3, 0.4) is 0 Å². The Hall–Kier alpha value is -0.600. The molecule has 14 heavy (non-hydrogen) atoms. The van der Waals surface area contributed by atoms with Gasteiger partial charge in [0.2, 0.25) is 0 Å². The molecule has 0 aliphatic heterocycles. The molecule has 0 unspecified atom stereocenters. The van der Waals surface area contributed by atoms with Crippen LogP contribution in [0.2, 0.25) is 0 Å². The summed E-state index contributed by atoms with van der Waals surface area (Å²) in [5.74, 6) is 0. The summed E-state index contributed by atoms with van der Waals surface area (Å²) in [6.07, 6.45) is 5.11. The van der Waals surface area contributed by atoms with Gasteiger partial charge in [-0.2, -0.15) is 0 Å². The second kappa shape index (κ2) is 5.32. The van der Waals surface area contributed by atoms with Crippen molar-refractivity contribution in [2.45, 2.75) is 50.7 Å². The Bertz CT molecular complexity index is 182. The molecule has 0 aromatic rings. The molecule has 0 amide bonds. The van der Waals surface area contributed by atoms with Crippen molar-refractivity contribution in [1.29, 1.82) is 0 Å². The number of hydrogen-bond acceptors (Lipinski definition) is 2. The normalized spacial score (nSPS) is 12.6. The topological polar surface area (TPSA) is 40.5 Å². The van der Waals surface area contributed by atoms with Crippen molar-refractivity contribution < 1.29 is 10.2 Å². The zero-order valence-corrected chi connectivity index (χ0v) is 9.29. The first-order valence-electron chi connectivity index (χ1n) is 5.16. The van der Waals surface area contributed by atoms with Crippen molar-refractivity contribution in [3.8, 4) is 0 Å². The molecule has 0 saturated carbocycles. The summed E-state index contributed by atoms with van der Waals surface area (Å²) >= 11 is 0. The average Bonchev–Trinajstić information content (AvgIpc) is 2.17. The van der Waals surface area contributed by atoms with Crippen molar-refractivity contribution >= 4 is 0 Å². The summed E-state index contributed by atoms with van der Waals surface area (Å²) in [6, 6.07) is 0. The molecule has 0 heterocycles. The van der Waals surface area contributed by atoms with Crippen molar-refractivity contribution in [1.82, 2.24) is 0 Å². The van der Waals surface area contributed by atoms with Crippen LogP contribution in [-0.2, 0) is 0 Å². The van der Waals surface area contributed by atoms with E-state index in [0.717, 1.165) is 0 Å². The maximum absolute atomic E-state index is 10.3. The van der Waals surface area contributed by atoms with Gasteiger partial charge in [-0.3, -0.25) is 0 Å². The predicted molar refractivity (Wildman–Crippen MR) is 60.1 cm³/mol. The van der Waals surface area contributed by atoms with E-state index in [-0.39, 0.29) is 0 Å². The summed E-state index contributed by atoms with van der Waals surface area (Å²) in [5.41, 5.74) is -2.17. The summed E-state index contributed by atoms with van der Waals surface area (Å²) in [7, 11) is 0. The molecule has 0 atom stereocenters. The first-order chi connectivity index (χ1) is 6.49. The van der Waals surface area contributed by atoms with Crippen LogP contribution >= 0.6 is 0 Å². The maximum Gasteiger partial charge on any atom is 0.100 e. The van der Waals surface area contributed by atoms with Crippen LogP contribution in [-0.4, -0.2) is 21.4 Å². The van der Waals surface area contributed by atoms with E-state index in [2.05, 4.69) is 13.2 Å². The van der Waals surface area contributed by atoms with E-state index in [1.165, 1.54) is 0 Å². The van der Waals surface area contributed by atoms with Gasteiger partial charge in [0, 0.05) is 0 Å². The van der Waals surface area contributed by atoms with Crippen molar-refractivity contribution in [3.63, 3.8) is 0 Å². The van der Waals surface area contributed by atoms with Gasteiger partial charge in [0.05, 0.1) is 5.60 Å². The number of rotatable bonds is 7. The molecule has 0 spiro atoms. The second-order valence-corrected chi connectivity index (χ2v) is 3.76. The number of hydrogen-bond donors (Lipinski definition) is 2. The lowest BCUT2D eigenvalue weighted by Crippen LogP contribution is -2.53. The Labute approximate surface area is 87.0 Å². The fraction of sp³-hybridized carbons (Fsp3) is 0.667. The highest BCUT2D eigenvalue weighted by atomic mass is 16.4. The van der Waals surface area contributed by atoms with Crippen LogP contribution in [0.25, 0.3) is 0 Å². The molecule has 0 bridgehead atoms. The van der Waals surface area contributed by atoms with E-state index in [9.17, 15) is 10.2 Å². The minimum Gasteiger partial charge on any atom is -0.387 e. The lowest BCUT2D eigenvalue weighted by molar-refractivity contribution is -0.152. The quantitative estimate of drug-likeness (QED) is 0.617. The molecule has 0 aromatic heterocycles. The smallest absolute Gasteiger partial charge is 0.100 e. The molecule has 2 nitrogen and oxygen atoms in total. The predicted octanol–water partition coefficient (Wildman–Crippen LogP) is 2.42. The Morgan fingerprint density at radius 2 is 1.29 bits per heavy atom. The first kappa shape index (κ1) is 13.4. The van der Waals surface area contributed by atoms with Crippen molar-refractivity contribution in [3.05, 3.63) is 25.3 Å². The maximum atomic E-state index is 10.3. The molecule has 82 valence electrons. The third kappa shape index (κ3) is 2.46. The minimum atomic E-state index is -1.12. The van der Waals surface area contributed by atoms with Crippen molar-refractivity contribution in [2.24, 2.45) is 0 Å². The summed E-state index contributed by atoms with van der Waals surface area (Å²) < 4.78 is 0. The van der Waals surface area contributed by atoms with Crippen LogP contribution in [0, 0.1) is 0 Å². The molecule has 2 heteroatoms. The molecule has 2 N–H and O–H groups in total. The number of aliphatic hydroxyl groups is 2. The zero-order valence-electron chi connectivity index (χ0n) is 9.29. The van der Waals surface area contributed by atoms with E-state index in [0.29, 0.717) is 25.7 Å². The summed E-state index contributed by atoms with van der Waals surface area (Å²) in [5, 5.41) is 20.6. The molecule has 0 aliphatic carbocycles. The molecule has 0 aliphatic rings. The van der Waals surface area contributed by atoms with Gasteiger partial charge in [0.25, 0.3) is 0 Å². The largest absolute Gasteiger partial charge is 0.387 e. The van der Waals surface area contributed by atoms with Crippen molar-refractivity contribution in [2.75, 3.05) is 0 Å². The Morgan fingerprint density at radius 1 is 0.929 bits per heavy atom. The lowest BCUT2D eigenvalue weighted by Gasteiger charge is -2.42. The standard InChI is InChI=1S/C12H22O2/c1-5-9-12(14,10-6-2)11(13,7-3)8-4/h5-6,13-14H,1-2,7-10H2,3-4H3. The van der Waals surface area contributed by atoms with Gasteiger partial charge in [0.15, 0.2) is 0 Å². The Kier molecular flexibility index (Phi) is 5.09. The third-order valence-electron chi connectivity index (χ3n) is 3.00. The SMILES string of the molecule is C=CCC(O)(CC=C)C(O)(CC)CC. The third-order valence-corrected chi connectivity index (χ3v) is 3.00. The summed E-state index contributed by atoms with van der Waals surface area (Å²) in [6.45, 7) is 11.0. The lowest BCUT2D eigenvalue weighted by atomic mass is 9.74. The molecule has 0 radical (unpaired) electrons. The highest BCUT2D eigenvalue weighted by Gasteiger charge is 2.44. The van der Waals surface area contributed by atoms with Gasteiger partial charge >= 0.3 is 0 Å². The van der Waals surface area contributed by atoms with E-state index < -0.39 is 11.2 Å². The Balaban J connectivity index is 4.92. The second-order valence-electron chi connectivity index (χ2n) is 3.76. The van der Waals surface area contributed by atoms with Gasteiger partial charge in [-0.1, -0.05) is 26.0 Å². The highest BCUT2D eigenvalue weighted by Crippen LogP contribution is 2.35. The monoisotopic (exact) mass is 198 g/mol. The minimum absolute atomic E-state index is 0.386. The van der Waals surface area contributed by atoms with E-state index >= 15 is 0 Å². The Morgan fingerprint density at radius 3 is 1.50 bits per heavy atom. The molecular formula is C12H22O2. The molecular weight excluding hydrogens is 176 g/mol. The van der Waals surface area contributed by atoms with Gasteiger partial charge in [0.1, 0.15) is 5.60 Å². The molecule has 0 rings (SSSR count). The van der Waals surface area contributed by atoms with Crippen LogP contribution in [0.1, 0.15) is 39.5 Å². The van der Waals surface area contributed by atoms with Gasteiger partial charge in [-0.05, 0) is 25.7 Å². The van der Waals surface area contributed by atoms with E-state index in [1.807, 2.05) is 13.8 Å². The fourth-order valence-corrected chi connectivity index (χ4v) is 1.85. The van der Waals surface area contributed by atoms with Crippen LogP contribution in [0.15, 0.2) is 25.3 Å². The van der Waals surface area contributed by atoms with Crippen LogP contribution < -0.4 is 0 Å². The van der Waals surface area contributed by atoms with E-state index in [1.54, 1.807) is 12.2 Å². The highest BCUT2D eigenvalue weighted by molar-refractivity contribution is 5.04. The van der Waals surface area contributed by atoms with Crippen LogP contribution in [0.4, 0.5) is 0 Å². The van der Waals surface area contributed by atoms with Gasteiger partial charge < -0.3 is 10.2 Å². The molecule has 0 saturated heterocycles. The summed E-state index contributed by atoms with van der Waals surface area (Å²) in [4.78, 5) is 0. The zero-order chi connectivity index (χ0) is 11.2.